The van der Waals surface area contributed by atoms with E-state index in [4.69, 9.17) is 9.47 Å². The standard InChI is InChI=1S/C20H25N3O7/c1-9-14(17(26)29-5)10(2)21-15(9)16(25)11(3)30-13(24)8-23-18(27)20(4,12-6-7-12)22-19(23)28/h11-12,21H,6-8H2,1-5H3,(H,22,28)/t11-,20+/m1/s1. The molecule has 1 aromatic heterocycles. The van der Waals surface area contributed by atoms with Gasteiger partial charge in [0.15, 0.2) is 6.10 Å². The number of ketones is 1. The average molecular weight is 419 g/mol. The Labute approximate surface area is 173 Å². The van der Waals surface area contributed by atoms with E-state index in [1.807, 2.05) is 0 Å². The number of carbonyl (C=O) groups is 5. The van der Waals surface area contributed by atoms with Crippen molar-refractivity contribution < 1.29 is 33.4 Å². The lowest BCUT2D eigenvalue weighted by molar-refractivity contribution is -0.150. The van der Waals surface area contributed by atoms with E-state index in [0.717, 1.165) is 17.7 Å². The van der Waals surface area contributed by atoms with E-state index in [0.29, 0.717) is 11.3 Å². The molecule has 10 heteroatoms. The van der Waals surface area contributed by atoms with Gasteiger partial charge in [-0.3, -0.25) is 19.3 Å². The number of hydrogen-bond donors (Lipinski definition) is 2. The number of methoxy groups -OCH3 is 1. The molecule has 0 unspecified atom stereocenters. The van der Waals surface area contributed by atoms with Crippen molar-refractivity contribution in [1.29, 1.82) is 0 Å². The van der Waals surface area contributed by atoms with Gasteiger partial charge < -0.3 is 19.8 Å². The number of ether oxygens (including phenoxy) is 2. The molecule has 1 saturated carbocycles. The molecule has 1 saturated heterocycles. The summed E-state index contributed by atoms with van der Waals surface area (Å²) in [5.41, 5.74) is 0.228. The fraction of sp³-hybridized carbons (Fsp3) is 0.550. The molecular weight excluding hydrogens is 394 g/mol. The first-order valence-corrected chi connectivity index (χ1v) is 9.66. The maximum atomic E-state index is 12.7. The van der Waals surface area contributed by atoms with Crippen molar-refractivity contribution >= 4 is 29.7 Å². The van der Waals surface area contributed by atoms with Gasteiger partial charge >= 0.3 is 18.0 Å². The molecule has 162 valence electrons. The molecule has 1 aliphatic heterocycles. The van der Waals surface area contributed by atoms with E-state index in [9.17, 15) is 24.0 Å². The van der Waals surface area contributed by atoms with Crippen LogP contribution in [0.4, 0.5) is 4.79 Å². The van der Waals surface area contributed by atoms with Crippen molar-refractivity contribution in [1.82, 2.24) is 15.2 Å². The Hall–Kier alpha value is -3.17. The Balaban J connectivity index is 1.66. The van der Waals surface area contributed by atoms with Crippen LogP contribution in [0.3, 0.4) is 0 Å². The number of Topliss-reactive ketones (excluding diaryl/α,β-unsaturated/α-hetero) is 1. The highest BCUT2D eigenvalue weighted by atomic mass is 16.5. The largest absolute Gasteiger partial charge is 0.465 e. The van der Waals surface area contributed by atoms with Crippen LogP contribution in [0.15, 0.2) is 0 Å². The van der Waals surface area contributed by atoms with Crippen molar-refractivity contribution in [3.05, 3.63) is 22.5 Å². The molecule has 0 bridgehead atoms. The summed E-state index contributed by atoms with van der Waals surface area (Å²) in [5.74, 6) is -2.40. The lowest BCUT2D eigenvalue weighted by Gasteiger charge is -2.21. The van der Waals surface area contributed by atoms with Crippen LogP contribution < -0.4 is 5.32 Å². The van der Waals surface area contributed by atoms with E-state index in [-0.39, 0.29) is 17.2 Å². The number of imide groups is 1. The van der Waals surface area contributed by atoms with Crippen LogP contribution in [0.2, 0.25) is 0 Å². The molecule has 1 aromatic rings. The molecule has 2 N–H and O–H groups in total. The Morgan fingerprint density at radius 1 is 1.23 bits per heavy atom. The highest BCUT2D eigenvalue weighted by Crippen LogP contribution is 2.42. The smallest absolute Gasteiger partial charge is 0.339 e. The van der Waals surface area contributed by atoms with Crippen LogP contribution in [0.25, 0.3) is 0 Å². The van der Waals surface area contributed by atoms with Crippen LogP contribution in [-0.4, -0.2) is 64.8 Å². The second kappa shape index (κ2) is 7.58. The molecule has 2 aliphatic rings. The number of carbonyl (C=O) groups excluding carboxylic acids is 5. The molecule has 1 aliphatic carbocycles. The first-order chi connectivity index (χ1) is 14.0. The van der Waals surface area contributed by atoms with Crippen LogP contribution in [0, 0.1) is 19.8 Å². The van der Waals surface area contributed by atoms with Crippen LogP contribution in [0.1, 0.15) is 58.8 Å². The maximum Gasteiger partial charge on any atom is 0.339 e. The fourth-order valence-electron chi connectivity index (χ4n) is 3.82. The van der Waals surface area contributed by atoms with Gasteiger partial charge in [-0.2, -0.15) is 0 Å². The van der Waals surface area contributed by atoms with Gasteiger partial charge in [0.25, 0.3) is 5.91 Å². The predicted molar refractivity (Wildman–Crippen MR) is 103 cm³/mol. The Morgan fingerprint density at radius 3 is 2.43 bits per heavy atom. The number of hydrogen-bond acceptors (Lipinski definition) is 7. The summed E-state index contributed by atoms with van der Waals surface area (Å²) in [5, 5.41) is 2.65. The molecule has 0 aromatic carbocycles. The molecule has 3 amide bonds. The van der Waals surface area contributed by atoms with Gasteiger partial charge in [-0.15, -0.1) is 0 Å². The lowest BCUT2D eigenvalue weighted by Crippen LogP contribution is -2.46. The number of H-pyrrole nitrogens is 1. The van der Waals surface area contributed by atoms with Gasteiger partial charge in [0.2, 0.25) is 5.78 Å². The summed E-state index contributed by atoms with van der Waals surface area (Å²) in [6, 6.07) is -0.649. The molecule has 2 fully saturated rings. The third kappa shape index (κ3) is 3.57. The zero-order chi connectivity index (χ0) is 22.4. The minimum atomic E-state index is -1.18. The summed E-state index contributed by atoms with van der Waals surface area (Å²) in [6.45, 7) is 5.66. The molecule has 0 spiro atoms. The highest BCUT2D eigenvalue weighted by molar-refractivity contribution is 6.09. The normalized spacial score (nSPS) is 22.0. The number of aromatic nitrogens is 1. The third-order valence-corrected chi connectivity index (χ3v) is 5.73. The molecule has 2 atom stereocenters. The second-order valence-electron chi connectivity index (χ2n) is 7.91. The van der Waals surface area contributed by atoms with Crippen LogP contribution in [-0.2, 0) is 19.1 Å². The number of amides is 3. The number of esters is 2. The van der Waals surface area contributed by atoms with Crippen molar-refractivity contribution in [2.75, 3.05) is 13.7 Å². The minimum Gasteiger partial charge on any atom is -0.465 e. The molecule has 10 nitrogen and oxygen atoms in total. The number of rotatable bonds is 7. The van der Waals surface area contributed by atoms with Gasteiger partial charge in [0.1, 0.15) is 12.1 Å². The molecule has 30 heavy (non-hydrogen) atoms. The molecule has 3 rings (SSSR count). The van der Waals surface area contributed by atoms with Gasteiger partial charge in [0, 0.05) is 5.69 Å². The first kappa shape index (κ1) is 21.5. The van der Waals surface area contributed by atoms with Gasteiger partial charge in [-0.25, -0.2) is 9.59 Å². The first-order valence-electron chi connectivity index (χ1n) is 9.66. The average Bonchev–Trinajstić information content (AvgIpc) is 3.46. The summed E-state index contributed by atoms with van der Waals surface area (Å²) < 4.78 is 9.88. The van der Waals surface area contributed by atoms with Crippen molar-refractivity contribution in [3.63, 3.8) is 0 Å². The van der Waals surface area contributed by atoms with E-state index in [2.05, 4.69) is 10.3 Å². The Kier molecular flexibility index (Phi) is 5.44. The van der Waals surface area contributed by atoms with Gasteiger partial charge in [-0.05, 0) is 52.0 Å². The molecular formula is C20H25N3O7. The SMILES string of the molecule is COC(=O)c1c(C)[nH]c(C(=O)[C@@H](C)OC(=O)CN2C(=O)N[C@@](C)(C3CC3)C2=O)c1C. The minimum absolute atomic E-state index is 0.0681. The highest BCUT2D eigenvalue weighted by Gasteiger charge is 2.56. The zero-order valence-electron chi connectivity index (χ0n) is 17.6. The number of aryl methyl sites for hydroxylation is 1. The van der Waals surface area contributed by atoms with Crippen molar-refractivity contribution in [2.45, 2.75) is 52.2 Å². The van der Waals surface area contributed by atoms with E-state index in [1.54, 1.807) is 20.8 Å². The Morgan fingerprint density at radius 2 is 1.87 bits per heavy atom. The Bertz CT molecular complexity index is 946. The molecule has 2 heterocycles. The van der Waals surface area contributed by atoms with Gasteiger partial charge in [-0.1, -0.05) is 0 Å². The second-order valence-corrected chi connectivity index (χ2v) is 7.91. The monoisotopic (exact) mass is 419 g/mol. The fourth-order valence-corrected chi connectivity index (χ4v) is 3.82. The molecule has 0 radical (unpaired) electrons. The van der Waals surface area contributed by atoms with E-state index < -0.39 is 47.8 Å². The number of urea groups is 1. The predicted octanol–water partition coefficient (Wildman–Crippen LogP) is 1.25. The summed E-state index contributed by atoms with van der Waals surface area (Å²) >= 11 is 0. The van der Waals surface area contributed by atoms with E-state index in [1.165, 1.54) is 14.0 Å². The van der Waals surface area contributed by atoms with E-state index >= 15 is 0 Å². The van der Waals surface area contributed by atoms with Gasteiger partial charge in [0.05, 0.1) is 18.4 Å². The summed E-state index contributed by atoms with van der Waals surface area (Å²) in [6.07, 6.45) is 0.499. The summed E-state index contributed by atoms with van der Waals surface area (Å²) in [7, 11) is 1.24. The van der Waals surface area contributed by atoms with Crippen molar-refractivity contribution in [2.24, 2.45) is 5.92 Å². The lowest BCUT2D eigenvalue weighted by atomic mass is 9.96. The topological polar surface area (TPSA) is 135 Å². The zero-order valence-corrected chi connectivity index (χ0v) is 17.6. The quantitative estimate of drug-likeness (QED) is 0.386. The summed E-state index contributed by atoms with van der Waals surface area (Å²) in [4.78, 5) is 65.3. The number of nitrogens with one attached hydrogen (secondary N) is 2. The van der Waals surface area contributed by atoms with Crippen LogP contribution in [0.5, 0.6) is 0 Å². The third-order valence-electron chi connectivity index (χ3n) is 5.73. The number of nitrogens with zero attached hydrogens (tertiary/aromatic N) is 1. The van der Waals surface area contributed by atoms with Crippen molar-refractivity contribution in [3.8, 4) is 0 Å². The maximum absolute atomic E-state index is 12.7. The van der Waals surface area contributed by atoms with Crippen LogP contribution >= 0.6 is 0 Å². The number of aromatic amines is 1.